The molecule has 2 N–H and O–H groups in total. The van der Waals surface area contributed by atoms with Crippen LogP contribution in [0.2, 0.25) is 0 Å². The standard InChI is InChI=1S/C10H22N2O2S/c1-10(2,3)8-15(13,14)12-9-4-6-11-7-5-9/h9,11-12H,4-8H2,1-3H3. The van der Waals surface area contributed by atoms with Gasteiger partial charge in [-0.3, -0.25) is 0 Å². The molecule has 0 amide bonds. The molecule has 1 rings (SSSR count). The molecule has 90 valence electrons. The van der Waals surface area contributed by atoms with Crippen molar-refractivity contribution >= 4 is 10.0 Å². The fraction of sp³-hybridized carbons (Fsp3) is 1.00. The van der Waals surface area contributed by atoms with Gasteiger partial charge in [0.15, 0.2) is 0 Å². The highest BCUT2D eigenvalue weighted by molar-refractivity contribution is 7.89. The molecule has 0 aromatic heterocycles. The molecule has 0 saturated carbocycles. The fourth-order valence-electron chi connectivity index (χ4n) is 1.81. The molecule has 1 heterocycles. The summed E-state index contributed by atoms with van der Waals surface area (Å²) in [7, 11) is -3.12. The van der Waals surface area contributed by atoms with Crippen molar-refractivity contribution in [2.24, 2.45) is 5.41 Å². The number of hydrogen-bond acceptors (Lipinski definition) is 3. The Balaban J connectivity index is 2.48. The normalized spacial score (nSPS) is 20.5. The molecule has 1 aliphatic heterocycles. The first kappa shape index (κ1) is 12.9. The Kier molecular flexibility index (Phi) is 4.14. The Bertz CT molecular complexity index is 287. The quantitative estimate of drug-likeness (QED) is 0.756. The van der Waals surface area contributed by atoms with Crippen molar-refractivity contribution in [3.05, 3.63) is 0 Å². The van der Waals surface area contributed by atoms with E-state index in [1.165, 1.54) is 0 Å². The van der Waals surface area contributed by atoms with Gasteiger partial charge in [0.1, 0.15) is 0 Å². The molecule has 4 nitrogen and oxygen atoms in total. The van der Waals surface area contributed by atoms with E-state index >= 15 is 0 Å². The predicted molar refractivity (Wildman–Crippen MR) is 62.3 cm³/mol. The first-order valence-corrected chi connectivity index (χ1v) is 7.14. The highest BCUT2D eigenvalue weighted by atomic mass is 32.2. The Morgan fingerprint density at radius 2 is 1.80 bits per heavy atom. The summed E-state index contributed by atoms with van der Waals surface area (Å²) in [5.74, 6) is 0.198. The minimum absolute atomic E-state index is 0.124. The van der Waals surface area contributed by atoms with E-state index in [1.807, 2.05) is 20.8 Å². The molecular weight excluding hydrogens is 212 g/mol. The predicted octanol–water partition coefficient (Wildman–Crippen LogP) is 0.704. The van der Waals surface area contributed by atoms with E-state index in [0.717, 1.165) is 25.9 Å². The molecule has 15 heavy (non-hydrogen) atoms. The molecular formula is C10H22N2O2S. The van der Waals surface area contributed by atoms with Crippen LogP contribution in [-0.2, 0) is 10.0 Å². The fourth-order valence-corrected chi connectivity index (χ4v) is 3.77. The summed E-state index contributed by atoms with van der Waals surface area (Å²) in [6.07, 6.45) is 1.78. The summed E-state index contributed by atoms with van der Waals surface area (Å²) in [6, 6.07) is 0.124. The van der Waals surface area contributed by atoms with Crippen LogP contribution in [0.25, 0.3) is 0 Å². The van der Waals surface area contributed by atoms with E-state index in [4.69, 9.17) is 0 Å². The second-order valence-electron chi connectivity index (χ2n) is 5.46. The highest BCUT2D eigenvalue weighted by Crippen LogP contribution is 2.16. The van der Waals surface area contributed by atoms with E-state index in [1.54, 1.807) is 0 Å². The molecule has 0 aromatic carbocycles. The van der Waals surface area contributed by atoms with Gasteiger partial charge in [-0.25, -0.2) is 13.1 Å². The second kappa shape index (κ2) is 4.80. The lowest BCUT2D eigenvalue weighted by Gasteiger charge is -2.25. The lowest BCUT2D eigenvalue weighted by Crippen LogP contribution is -2.44. The first-order chi connectivity index (χ1) is 6.79. The Hall–Kier alpha value is -0.130. The maximum atomic E-state index is 11.8. The summed E-state index contributed by atoms with van der Waals surface area (Å²) in [5.41, 5.74) is -0.182. The van der Waals surface area contributed by atoms with Gasteiger partial charge in [-0.2, -0.15) is 0 Å². The molecule has 0 radical (unpaired) electrons. The molecule has 0 unspecified atom stereocenters. The van der Waals surface area contributed by atoms with Crippen LogP contribution in [0.4, 0.5) is 0 Å². The zero-order chi connectivity index (χ0) is 11.5. The minimum atomic E-state index is -3.12. The number of rotatable bonds is 3. The molecule has 0 spiro atoms. The van der Waals surface area contributed by atoms with Crippen molar-refractivity contribution in [1.29, 1.82) is 0 Å². The molecule has 1 aliphatic rings. The summed E-state index contributed by atoms with van der Waals surface area (Å²) >= 11 is 0. The summed E-state index contributed by atoms with van der Waals surface area (Å²) in [6.45, 7) is 7.63. The molecule has 1 fully saturated rings. The van der Waals surface area contributed by atoms with Crippen LogP contribution in [0.15, 0.2) is 0 Å². The third kappa shape index (κ3) is 5.49. The minimum Gasteiger partial charge on any atom is -0.317 e. The average molecular weight is 234 g/mol. The zero-order valence-corrected chi connectivity index (χ0v) is 10.7. The molecule has 0 aromatic rings. The van der Waals surface area contributed by atoms with E-state index in [2.05, 4.69) is 10.0 Å². The van der Waals surface area contributed by atoms with Crippen molar-refractivity contribution < 1.29 is 8.42 Å². The van der Waals surface area contributed by atoms with Gasteiger partial charge in [-0.1, -0.05) is 20.8 Å². The monoisotopic (exact) mass is 234 g/mol. The van der Waals surface area contributed by atoms with E-state index in [0.29, 0.717) is 0 Å². The molecule has 1 saturated heterocycles. The van der Waals surface area contributed by atoms with Gasteiger partial charge in [-0.15, -0.1) is 0 Å². The van der Waals surface area contributed by atoms with Gasteiger partial charge in [0.05, 0.1) is 5.75 Å². The van der Waals surface area contributed by atoms with Gasteiger partial charge in [0.25, 0.3) is 0 Å². The maximum absolute atomic E-state index is 11.8. The Labute approximate surface area is 92.9 Å². The number of hydrogen-bond donors (Lipinski definition) is 2. The van der Waals surface area contributed by atoms with Crippen molar-refractivity contribution in [1.82, 2.24) is 10.0 Å². The van der Waals surface area contributed by atoms with Crippen LogP contribution in [-0.4, -0.2) is 33.3 Å². The largest absolute Gasteiger partial charge is 0.317 e. The van der Waals surface area contributed by atoms with Crippen molar-refractivity contribution in [3.63, 3.8) is 0 Å². The molecule has 0 aliphatic carbocycles. The lowest BCUT2D eigenvalue weighted by atomic mass is 10.0. The molecule has 0 bridgehead atoms. The second-order valence-corrected chi connectivity index (χ2v) is 7.22. The van der Waals surface area contributed by atoms with Gasteiger partial charge in [-0.05, 0) is 31.3 Å². The van der Waals surface area contributed by atoms with Crippen molar-refractivity contribution in [2.45, 2.75) is 39.7 Å². The van der Waals surface area contributed by atoms with Gasteiger partial charge < -0.3 is 5.32 Å². The number of nitrogens with one attached hydrogen (secondary N) is 2. The average Bonchev–Trinajstić information content (AvgIpc) is 1.99. The first-order valence-electron chi connectivity index (χ1n) is 5.49. The lowest BCUT2D eigenvalue weighted by molar-refractivity contribution is 0.416. The van der Waals surface area contributed by atoms with Gasteiger partial charge in [0, 0.05) is 6.04 Å². The van der Waals surface area contributed by atoms with E-state index < -0.39 is 10.0 Å². The Morgan fingerprint density at radius 3 is 2.27 bits per heavy atom. The van der Waals surface area contributed by atoms with E-state index in [-0.39, 0.29) is 17.2 Å². The van der Waals surface area contributed by atoms with Crippen LogP contribution >= 0.6 is 0 Å². The molecule has 5 heteroatoms. The van der Waals surface area contributed by atoms with Gasteiger partial charge in [0.2, 0.25) is 10.0 Å². The summed E-state index contributed by atoms with van der Waals surface area (Å²) in [5, 5.41) is 3.21. The highest BCUT2D eigenvalue weighted by Gasteiger charge is 2.25. The Morgan fingerprint density at radius 1 is 1.27 bits per heavy atom. The summed E-state index contributed by atoms with van der Waals surface area (Å²) in [4.78, 5) is 0. The third-order valence-electron chi connectivity index (χ3n) is 2.31. The van der Waals surface area contributed by atoms with Crippen molar-refractivity contribution in [3.8, 4) is 0 Å². The maximum Gasteiger partial charge on any atom is 0.212 e. The molecule has 0 atom stereocenters. The summed E-state index contributed by atoms with van der Waals surface area (Å²) < 4.78 is 26.3. The zero-order valence-electron chi connectivity index (χ0n) is 9.84. The van der Waals surface area contributed by atoms with Gasteiger partial charge >= 0.3 is 0 Å². The van der Waals surface area contributed by atoms with E-state index in [9.17, 15) is 8.42 Å². The topological polar surface area (TPSA) is 58.2 Å². The van der Waals surface area contributed by atoms with Crippen molar-refractivity contribution in [2.75, 3.05) is 18.8 Å². The third-order valence-corrected chi connectivity index (χ3v) is 4.25. The number of sulfonamides is 1. The van der Waals surface area contributed by atoms with Crippen LogP contribution in [0.5, 0.6) is 0 Å². The van der Waals surface area contributed by atoms with Crippen LogP contribution < -0.4 is 10.0 Å². The van der Waals surface area contributed by atoms with Crippen LogP contribution in [0.3, 0.4) is 0 Å². The number of piperidine rings is 1. The van der Waals surface area contributed by atoms with Crippen LogP contribution in [0, 0.1) is 5.41 Å². The SMILES string of the molecule is CC(C)(C)CS(=O)(=O)NC1CCNCC1. The smallest absolute Gasteiger partial charge is 0.212 e. The van der Waals surface area contributed by atoms with Crippen LogP contribution in [0.1, 0.15) is 33.6 Å².